The van der Waals surface area contributed by atoms with E-state index < -0.39 is 10.0 Å². The quantitative estimate of drug-likeness (QED) is 0.337. The van der Waals surface area contributed by atoms with Gasteiger partial charge in [0, 0.05) is 43.5 Å². The minimum Gasteiger partial charge on any atom is -0.493 e. The van der Waals surface area contributed by atoms with Crippen LogP contribution in [0.2, 0.25) is 0 Å². The summed E-state index contributed by atoms with van der Waals surface area (Å²) in [7, 11) is -0.544. The standard InChI is InChI=1S/C25H26N6O5S/c1-17(32)18-4-7-20(8-5-18)37(33,34)30-12-10-29(11-13-30)24-21(15-26-25-27-16-28-31(24)25)19-6-9-22(35-2)23(14-19)36-3/h4-9,14-16H,10-13H2,1-3H3. The number of rotatable bonds is 7. The number of sulfonamides is 1. The molecule has 1 aliphatic rings. The molecule has 37 heavy (non-hydrogen) atoms. The van der Waals surface area contributed by atoms with Crippen molar-refractivity contribution in [2.75, 3.05) is 45.3 Å². The number of carbonyl (C=O) groups is 1. The number of nitrogens with zero attached hydrogens (tertiary/aromatic N) is 6. The fourth-order valence-corrected chi connectivity index (χ4v) is 5.85. The number of Topliss-reactive ketones (excluding diaryl/α,β-unsaturated/α-hetero) is 1. The number of carbonyl (C=O) groups excluding carboxylic acids is 1. The molecule has 0 bridgehead atoms. The first kappa shape index (κ1) is 24.7. The molecule has 0 atom stereocenters. The van der Waals surface area contributed by atoms with Crippen LogP contribution in [-0.2, 0) is 10.0 Å². The summed E-state index contributed by atoms with van der Waals surface area (Å²) >= 11 is 0. The molecule has 2 aromatic heterocycles. The van der Waals surface area contributed by atoms with Gasteiger partial charge < -0.3 is 14.4 Å². The van der Waals surface area contributed by atoms with Crippen molar-refractivity contribution >= 4 is 27.4 Å². The van der Waals surface area contributed by atoms with Crippen molar-refractivity contribution in [1.82, 2.24) is 23.9 Å². The molecule has 1 fully saturated rings. The zero-order chi connectivity index (χ0) is 26.2. The molecule has 12 heteroatoms. The van der Waals surface area contributed by atoms with Crippen LogP contribution in [0.15, 0.2) is 59.9 Å². The highest BCUT2D eigenvalue weighted by molar-refractivity contribution is 7.89. The Morgan fingerprint density at radius 1 is 0.919 bits per heavy atom. The summed E-state index contributed by atoms with van der Waals surface area (Å²) in [6, 6.07) is 11.7. The lowest BCUT2D eigenvalue weighted by Gasteiger charge is -2.36. The van der Waals surface area contributed by atoms with Crippen LogP contribution in [-0.4, -0.2) is 78.5 Å². The van der Waals surface area contributed by atoms with Gasteiger partial charge in [0.2, 0.25) is 10.0 Å². The second kappa shape index (κ2) is 9.79. The van der Waals surface area contributed by atoms with Gasteiger partial charge in [-0.2, -0.15) is 18.9 Å². The molecule has 5 rings (SSSR count). The number of ketones is 1. The maximum Gasteiger partial charge on any atom is 0.254 e. The van der Waals surface area contributed by atoms with Crippen LogP contribution in [0.4, 0.5) is 5.82 Å². The van der Waals surface area contributed by atoms with Crippen LogP contribution in [0.5, 0.6) is 11.5 Å². The van der Waals surface area contributed by atoms with Crippen molar-refractivity contribution in [3.05, 3.63) is 60.6 Å². The van der Waals surface area contributed by atoms with Crippen LogP contribution in [0.3, 0.4) is 0 Å². The van der Waals surface area contributed by atoms with E-state index in [0.29, 0.717) is 35.9 Å². The summed E-state index contributed by atoms with van der Waals surface area (Å²) in [6.07, 6.45) is 3.18. The van der Waals surface area contributed by atoms with Gasteiger partial charge in [-0.25, -0.2) is 13.4 Å². The molecule has 0 radical (unpaired) electrons. The van der Waals surface area contributed by atoms with Crippen LogP contribution in [0.1, 0.15) is 17.3 Å². The van der Waals surface area contributed by atoms with Gasteiger partial charge in [-0.05, 0) is 36.8 Å². The van der Waals surface area contributed by atoms with Crippen molar-refractivity contribution in [1.29, 1.82) is 0 Å². The summed E-state index contributed by atoms with van der Waals surface area (Å²) in [4.78, 5) is 22.5. The fraction of sp³-hybridized carbons (Fsp3) is 0.280. The lowest BCUT2D eigenvalue weighted by atomic mass is 10.1. The highest BCUT2D eigenvalue weighted by Crippen LogP contribution is 2.37. The number of hydrogen-bond donors (Lipinski definition) is 0. The van der Waals surface area contributed by atoms with Crippen LogP contribution in [0.25, 0.3) is 16.9 Å². The van der Waals surface area contributed by atoms with Crippen molar-refractivity contribution < 1.29 is 22.7 Å². The molecule has 11 nitrogen and oxygen atoms in total. The zero-order valence-electron chi connectivity index (χ0n) is 20.7. The summed E-state index contributed by atoms with van der Waals surface area (Å²) in [6.45, 7) is 2.87. The number of benzene rings is 2. The lowest BCUT2D eigenvalue weighted by molar-refractivity contribution is 0.101. The molecule has 0 N–H and O–H groups in total. The Bertz CT molecular complexity index is 1560. The summed E-state index contributed by atoms with van der Waals surface area (Å²) in [5.74, 6) is 2.28. The van der Waals surface area contributed by atoms with Gasteiger partial charge in [-0.15, -0.1) is 0 Å². The maximum atomic E-state index is 13.3. The average molecular weight is 523 g/mol. The minimum absolute atomic E-state index is 0.111. The van der Waals surface area contributed by atoms with E-state index in [4.69, 9.17) is 9.47 Å². The van der Waals surface area contributed by atoms with E-state index in [-0.39, 0.29) is 23.8 Å². The van der Waals surface area contributed by atoms with E-state index in [1.807, 2.05) is 18.2 Å². The third-order valence-electron chi connectivity index (χ3n) is 6.41. The summed E-state index contributed by atoms with van der Waals surface area (Å²) in [5.41, 5.74) is 2.12. The molecule has 0 spiro atoms. The van der Waals surface area contributed by atoms with Gasteiger partial charge in [0.15, 0.2) is 17.3 Å². The number of methoxy groups -OCH3 is 2. The number of hydrogen-bond acceptors (Lipinski definition) is 9. The highest BCUT2D eigenvalue weighted by Gasteiger charge is 2.31. The van der Waals surface area contributed by atoms with Gasteiger partial charge in [0.25, 0.3) is 5.78 Å². The number of aromatic nitrogens is 4. The predicted molar refractivity (Wildman–Crippen MR) is 137 cm³/mol. The third-order valence-corrected chi connectivity index (χ3v) is 8.32. The SMILES string of the molecule is COc1ccc(-c2cnc3ncnn3c2N2CCN(S(=O)(=O)c3ccc(C(C)=O)cc3)CC2)cc1OC. The molecule has 2 aromatic carbocycles. The Labute approximate surface area is 214 Å². The molecule has 4 aromatic rings. The maximum absolute atomic E-state index is 13.3. The Hall–Kier alpha value is -4.03. The molecule has 1 saturated heterocycles. The van der Waals surface area contributed by atoms with Gasteiger partial charge in [0.1, 0.15) is 12.1 Å². The largest absolute Gasteiger partial charge is 0.493 e. The predicted octanol–water partition coefficient (Wildman–Crippen LogP) is 2.52. The minimum atomic E-state index is -3.70. The van der Waals surface area contributed by atoms with Gasteiger partial charge in [-0.3, -0.25) is 4.79 Å². The van der Waals surface area contributed by atoms with Crippen molar-refractivity contribution in [2.45, 2.75) is 11.8 Å². The first-order valence-electron chi connectivity index (χ1n) is 11.6. The van der Waals surface area contributed by atoms with E-state index in [2.05, 4.69) is 20.0 Å². The molecule has 0 saturated carbocycles. The summed E-state index contributed by atoms with van der Waals surface area (Å²) < 4.78 is 40.5. The Morgan fingerprint density at radius 3 is 2.27 bits per heavy atom. The fourth-order valence-electron chi connectivity index (χ4n) is 4.43. The number of anilines is 1. The van der Waals surface area contributed by atoms with E-state index in [1.165, 1.54) is 29.7 Å². The lowest BCUT2D eigenvalue weighted by Crippen LogP contribution is -2.49. The summed E-state index contributed by atoms with van der Waals surface area (Å²) in [5, 5.41) is 4.38. The first-order valence-corrected chi connectivity index (χ1v) is 13.0. The number of fused-ring (bicyclic) bond motifs is 1. The molecular weight excluding hydrogens is 496 g/mol. The highest BCUT2D eigenvalue weighted by atomic mass is 32.2. The van der Waals surface area contributed by atoms with E-state index in [0.717, 1.165) is 16.9 Å². The second-order valence-corrected chi connectivity index (χ2v) is 10.4. The molecule has 0 unspecified atom stereocenters. The van der Waals surface area contributed by atoms with E-state index >= 15 is 0 Å². The molecule has 1 aliphatic heterocycles. The van der Waals surface area contributed by atoms with Gasteiger partial charge in [-0.1, -0.05) is 18.2 Å². The van der Waals surface area contributed by atoms with Crippen LogP contribution < -0.4 is 14.4 Å². The van der Waals surface area contributed by atoms with E-state index in [1.54, 1.807) is 37.1 Å². The third kappa shape index (κ3) is 4.49. The van der Waals surface area contributed by atoms with E-state index in [9.17, 15) is 13.2 Å². The first-order chi connectivity index (χ1) is 17.8. The molecule has 0 aliphatic carbocycles. The monoisotopic (exact) mass is 522 g/mol. The van der Waals surface area contributed by atoms with Crippen LogP contribution >= 0.6 is 0 Å². The van der Waals surface area contributed by atoms with Gasteiger partial charge >= 0.3 is 0 Å². The number of piperazine rings is 1. The van der Waals surface area contributed by atoms with Crippen molar-refractivity contribution in [2.24, 2.45) is 0 Å². The Balaban J connectivity index is 1.45. The zero-order valence-corrected chi connectivity index (χ0v) is 21.5. The Kier molecular flexibility index (Phi) is 6.52. The second-order valence-electron chi connectivity index (χ2n) is 8.51. The topological polar surface area (TPSA) is 119 Å². The van der Waals surface area contributed by atoms with Gasteiger partial charge in [0.05, 0.1) is 19.1 Å². The molecular formula is C25H26N6O5S. The molecule has 3 heterocycles. The molecule has 192 valence electrons. The molecule has 0 amide bonds. The Morgan fingerprint density at radius 2 is 1.62 bits per heavy atom. The smallest absolute Gasteiger partial charge is 0.254 e. The van der Waals surface area contributed by atoms with Crippen LogP contribution in [0, 0.1) is 0 Å². The van der Waals surface area contributed by atoms with Crippen molar-refractivity contribution in [3.8, 4) is 22.6 Å². The van der Waals surface area contributed by atoms with Crippen molar-refractivity contribution in [3.63, 3.8) is 0 Å². The number of ether oxygens (including phenoxy) is 2. The normalized spacial score (nSPS) is 14.6. The average Bonchev–Trinajstić information content (AvgIpc) is 3.41.